The molecule has 2 aromatic carbocycles. The zero-order valence-electron chi connectivity index (χ0n) is 14.7. The fourth-order valence-corrected chi connectivity index (χ4v) is 3.55. The van der Waals surface area contributed by atoms with Gasteiger partial charge in [-0.3, -0.25) is 9.48 Å². The topological polar surface area (TPSA) is 85.8 Å². The number of carbonyl (C=O) groups excluding carboxylic acids is 1. The van der Waals surface area contributed by atoms with Crippen molar-refractivity contribution in [1.82, 2.24) is 14.8 Å². The first kappa shape index (κ1) is 17.9. The first-order valence-electron chi connectivity index (χ1n) is 8.48. The second-order valence-electron chi connectivity index (χ2n) is 6.09. The van der Waals surface area contributed by atoms with Gasteiger partial charge in [0.05, 0.1) is 6.54 Å². The van der Waals surface area contributed by atoms with Gasteiger partial charge in [0.15, 0.2) is 5.13 Å². The molecule has 28 heavy (non-hydrogen) atoms. The van der Waals surface area contributed by atoms with Gasteiger partial charge in [-0.1, -0.05) is 35.6 Å². The van der Waals surface area contributed by atoms with Gasteiger partial charge in [0.1, 0.15) is 16.5 Å². The highest BCUT2D eigenvalue weighted by atomic mass is 32.1. The largest absolute Gasteiger partial charge is 0.382 e. The lowest BCUT2D eigenvalue weighted by Crippen LogP contribution is -2.04. The van der Waals surface area contributed by atoms with E-state index >= 15 is 0 Å². The van der Waals surface area contributed by atoms with Crippen molar-refractivity contribution < 1.29 is 9.18 Å². The number of nitrogens with two attached hydrogens (primary N) is 1. The van der Waals surface area contributed by atoms with Crippen molar-refractivity contribution in [3.63, 3.8) is 0 Å². The summed E-state index contributed by atoms with van der Waals surface area (Å²) in [6, 6.07) is 15.1. The number of nitrogens with zero attached hydrogens (tertiary/aromatic N) is 3. The van der Waals surface area contributed by atoms with Crippen LogP contribution in [0.5, 0.6) is 0 Å². The van der Waals surface area contributed by atoms with Gasteiger partial charge < -0.3 is 11.1 Å². The third-order valence-corrected chi connectivity index (χ3v) is 5.06. The Morgan fingerprint density at radius 1 is 1.14 bits per heavy atom. The lowest BCUT2D eigenvalue weighted by atomic mass is 10.1. The Morgan fingerprint density at radius 2 is 1.89 bits per heavy atom. The summed E-state index contributed by atoms with van der Waals surface area (Å²) in [4.78, 5) is 17.4. The molecule has 0 atom stereocenters. The highest BCUT2D eigenvalue weighted by molar-refractivity contribution is 7.18. The zero-order valence-corrected chi connectivity index (χ0v) is 15.5. The van der Waals surface area contributed by atoms with Crippen LogP contribution in [0.25, 0.3) is 0 Å². The third kappa shape index (κ3) is 3.91. The van der Waals surface area contributed by atoms with E-state index in [2.05, 4.69) is 15.4 Å². The Kier molecular flexibility index (Phi) is 4.86. The molecule has 0 bridgehead atoms. The summed E-state index contributed by atoms with van der Waals surface area (Å²) in [5.74, 6) is -0.343. The van der Waals surface area contributed by atoms with Gasteiger partial charge in [0, 0.05) is 23.6 Å². The number of hydrogen-bond acceptors (Lipinski definition) is 6. The summed E-state index contributed by atoms with van der Waals surface area (Å²) in [6.45, 7) is 0.635. The number of nitrogen functional groups attached to an aromatic ring is 1. The number of aromatic nitrogens is 3. The van der Waals surface area contributed by atoms with Gasteiger partial charge in [-0.05, 0) is 35.9 Å². The number of anilines is 3. The summed E-state index contributed by atoms with van der Waals surface area (Å²) in [6.07, 6.45) is 3.61. The Morgan fingerprint density at radius 3 is 2.57 bits per heavy atom. The van der Waals surface area contributed by atoms with E-state index in [1.165, 1.54) is 12.1 Å². The molecule has 8 heteroatoms. The SMILES string of the molecule is Nc1nc(Nc2ccc(F)cc2)sc1C(=O)c1ccc(Cn2cccn2)cc1. The minimum Gasteiger partial charge on any atom is -0.382 e. The van der Waals surface area contributed by atoms with Crippen molar-refractivity contribution in [1.29, 1.82) is 0 Å². The van der Waals surface area contributed by atoms with Crippen molar-refractivity contribution >= 4 is 33.8 Å². The van der Waals surface area contributed by atoms with Crippen molar-refractivity contribution in [2.24, 2.45) is 0 Å². The molecule has 0 aliphatic heterocycles. The molecule has 0 unspecified atom stereocenters. The van der Waals surface area contributed by atoms with Crippen LogP contribution in [0, 0.1) is 5.82 Å². The van der Waals surface area contributed by atoms with Crippen LogP contribution in [0.3, 0.4) is 0 Å². The van der Waals surface area contributed by atoms with Crippen molar-refractivity contribution in [3.8, 4) is 0 Å². The van der Waals surface area contributed by atoms with Gasteiger partial charge in [0.25, 0.3) is 0 Å². The number of thiazole rings is 1. The molecule has 0 aliphatic rings. The fourth-order valence-electron chi connectivity index (χ4n) is 2.68. The second-order valence-corrected chi connectivity index (χ2v) is 7.09. The Labute approximate surface area is 164 Å². The number of hydrogen-bond donors (Lipinski definition) is 2. The third-order valence-electron chi connectivity index (χ3n) is 4.07. The fraction of sp³-hybridized carbons (Fsp3) is 0.0500. The van der Waals surface area contributed by atoms with Crippen LogP contribution in [-0.2, 0) is 6.54 Å². The first-order chi connectivity index (χ1) is 13.6. The first-order valence-corrected chi connectivity index (χ1v) is 9.30. The lowest BCUT2D eigenvalue weighted by Gasteiger charge is -2.04. The molecule has 0 aliphatic carbocycles. The Balaban J connectivity index is 1.49. The summed E-state index contributed by atoms with van der Waals surface area (Å²) >= 11 is 1.16. The van der Waals surface area contributed by atoms with Crippen molar-refractivity contribution in [2.75, 3.05) is 11.1 Å². The van der Waals surface area contributed by atoms with Crippen LogP contribution in [0.4, 0.5) is 21.0 Å². The average molecular weight is 393 g/mol. The summed E-state index contributed by atoms with van der Waals surface area (Å²) in [5.41, 5.74) is 8.18. The number of carbonyl (C=O) groups is 1. The van der Waals surface area contributed by atoms with E-state index in [0.717, 1.165) is 16.9 Å². The zero-order chi connectivity index (χ0) is 19.5. The summed E-state index contributed by atoms with van der Waals surface area (Å²) in [5, 5.41) is 7.68. The maximum absolute atomic E-state index is 13.0. The van der Waals surface area contributed by atoms with Gasteiger partial charge in [-0.2, -0.15) is 5.10 Å². The van der Waals surface area contributed by atoms with E-state index in [-0.39, 0.29) is 17.4 Å². The van der Waals surface area contributed by atoms with Crippen LogP contribution < -0.4 is 11.1 Å². The highest BCUT2D eigenvalue weighted by Gasteiger charge is 2.18. The minimum absolute atomic E-state index is 0.167. The lowest BCUT2D eigenvalue weighted by molar-refractivity contribution is 0.104. The molecule has 4 rings (SSSR count). The predicted octanol–water partition coefficient (Wildman–Crippen LogP) is 4.08. The molecule has 0 saturated carbocycles. The van der Waals surface area contributed by atoms with E-state index in [4.69, 9.17) is 5.73 Å². The van der Waals surface area contributed by atoms with Crippen molar-refractivity contribution in [3.05, 3.63) is 88.8 Å². The minimum atomic E-state index is -0.323. The molecule has 3 N–H and O–H groups in total. The van der Waals surface area contributed by atoms with Crippen LogP contribution in [-0.4, -0.2) is 20.5 Å². The maximum Gasteiger partial charge on any atom is 0.206 e. The molecule has 0 fully saturated rings. The Bertz CT molecular complexity index is 1090. The van der Waals surface area contributed by atoms with Crippen molar-refractivity contribution in [2.45, 2.75) is 6.54 Å². The summed E-state index contributed by atoms with van der Waals surface area (Å²) in [7, 11) is 0. The van der Waals surface area contributed by atoms with Crippen LogP contribution >= 0.6 is 11.3 Å². The molecule has 140 valence electrons. The molecule has 2 aromatic heterocycles. The summed E-state index contributed by atoms with van der Waals surface area (Å²) < 4.78 is 14.8. The predicted molar refractivity (Wildman–Crippen MR) is 107 cm³/mol. The normalized spacial score (nSPS) is 10.8. The quantitative estimate of drug-likeness (QED) is 0.482. The van der Waals surface area contributed by atoms with Crippen LogP contribution in [0.15, 0.2) is 67.0 Å². The average Bonchev–Trinajstić information content (AvgIpc) is 3.33. The molecule has 4 aromatic rings. The standard InChI is InChI=1S/C20H16FN5OS/c21-15-6-8-16(9-7-15)24-20-25-19(22)18(28-20)17(27)14-4-2-13(3-5-14)12-26-11-1-10-23-26/h1-11H,12,22H2,(H,24,25). The number of benzene rings is 2. The van der Waals surface area contributed by atoms with E-state index in [1.807, 2.05) is 29.1 Å². The number of nitrogens with one attached hydrogen (secondary N) is 1. The Hall–Kier alpha value is -3.52. The molecule has 2 heterocycles. The number of rotatable bonds is 6. The number of halogens is 1. The van der Waals surface area contributed by atoms with Crippen LogP contribution in [0.1, 0.15) is 20.8 Å². The smallest absolute Gasteiger partial charge is 0.206 e. The maximum atomic E-state index is 13.0. The molecule has 0 radical (unpaired) electrons. The second kappa shape index (κ2) is 7.61. The molecular formula is C20H16FN5OS. The molecule has 0 spiro atoms. The molecule has 0 amide bonds. The number of ketones is 1. The monoisotopic (exact) mass is 393 g/mol. The van der Waals surface area contributed by atoms with Gasteiger partial charge in [0.2, 0.25) is 5.78 Å². The van der Waals surface area contributed by atoms with E-state index in [0.29, 0.717) is 27.8 Å². The van der Waals surface area contributed by atoms with E-state index in [1.54, 1.807) is 30.5 Å². The van der Waals surface area contributed by atoms with Crippen LogP contribution in [0.2, 0.25) is 0 Å². The molecular weight excluding hydrogens is 377 g/mol. The van der Waals surface area contributed by atoms with Gasteiger partial charge in [-0.25, -0.2) is 9.37 Å². The van der Waals surface area contributed by atoms with Gasteiger partial charge in [-0.15, -0.1) is 0 Å². The van der Waals surface area contributed by atoms with Gasteiger partial charge >= 0.3 is 0 Å². The van der Waals surface area contributed by atoms with E-state index in [9.17, 15) is 9.18 Å². The highest BCUT2D eigenvalue weighted by Crippen LogP contribution is 2.29. The van der Waals surface area contributed by atoms with E-state index < -0.39 is 0 Å². The molecule has 6 nitrogen and oxygen atoms in total. The molecule has 0 saturated heterocycles.